The van der Waals surface area contributed by atoms with Gasteiger partial charge in [0.25, 0.3) is 5.56 Å². The standard InChI is InChI=1S/C14H23BrN4O/c1-2-3-8-19-14(20)13(15)12(9-17-19)18-11-7-5-4-6-10(11)16/h9-11,18H,2-8,16H2,1H3/t10-,11-/m1/s1. The maximum atomic E-state index is 12.2. The van der Waals surface area contributed by atoms with Crippen molar-refractivity contribution in [2.75, 3.05) is 5.32 Å². The molecular formula is C14H23BrN4O. The van der Waals surface area contributed by atoms with E-state index < -0.39 is 0 Å². The van der Waals surface area contributed by atoms with Crippen molar-refractivity contribution in [3.63, 3.8) is 0 Å². The molecule has 0 aliphatic heterocycles. The molecule has 1 saturated carbocycles. The average molecular weight is 343 g/mol. The molecule has 20 heavy (non-hydrogen) atoms. The van der Waals surface area contributed by atoms with E-state index in [0.29, 0.717) is 11.0 Å². The summed E-state index contributed by atoms with van der Waals surface area (Å²) in [6.07, 6.45) is 8.19. The molecule has 0 saturated heterocycles. The molecule has 2 rings (SSSR count). The number of nitrogens with zero attached hydrogens (tertiary/aromatic N) is 2. The molecule has 0 spiro atoms. The third-order valence-corrected chi connectivity index (χ3v) is 4.64. The van der Waals surface area contributed by atoms with Crippen molar-refractivity contribution in [2.45, 2.75) is 64.1 Å². The first-order valence-electron chi connectivity index (χ1n) is 7.41. The van der Waals surface area contributed by atoms with Gasteiger partial charge in [-0.1, -0.05) is 26.2 Å². The zero-order chi connectivity index (χ0) is 14.5. The van der Waals surface area contributed by atoms with E-state index >= 15 is 0 Å². The van der Waals surface area contributed by atoms with Crippen LogP contribution in [0.3, 0.4) is 0 Å². The smallest absolute Gasteiger partial charge is 0.283 e. The number of nitrogens with one attached hydrogen (secondary N) is 1. The lowest BCUT2D eigenvalue weighted by Crippen LogP contribution is -2.43. The van der Waals surface area contributed by atoms with Crippen LogP contribution in [0.25, 0.3) is 0 Å². The fourth-order valence-corrected chi connectivity index (χ4v) is 2.99. The van der Waals surface area contributed by atoms with Gasteiger partial charge in [-0.25, -0.2) is 4.68 Å². The third-order valence-electron chi connectivity index (χ3n) is 3.87. The number of halogens is 1. The Hall–Kier alpha value is -0.880. The van der Waals surface area contributed by atoms with E-state index in [1.807, 2.05) is 0 Å². The first-order chi connectivity index (χ1) is 9.63. The average Bonchev–Trinajstić information content (AvgIpc) is 2.45. The van der Waals surface area contributed by atoms with Gasteiger partial charge >= 0.3 is 0 Å². The molecule has 0 aromatic carbocycles. The fourth-order valence-electron chi connectivity index (χ4n) is 2.57. The van der Waals surface area contributed by atoms with Crippen molar-refractivity contribution in [1.82, 2.24) is 9.78 Å². The van der Waals surface area contributed by atoms with Crippen LogP contribution in [0.2, 0.25) is 0 Å². The fraction of sp³-hybridized carbons (Fsp3) is 0.714. The molecule has 6 heteroatoms. The van der Waals surface area contributed by atoms with Crippen LogP contribution in [-0.2, 0) is 6.54 Å². The van der Waals surface area contributed by atoms with Crippen LogP contribution in [0.4, 0.5) is 5.69 Å². The molecular weight excluding hydrogens is 320 g/mol. The van der Waals surface area contributed by atoms with Gasteiger partial charge in [0.2, 0.25) is 0 Å². The second-order valence-electron chi connectivity index (χ2n) is 5.45. The molecule has 3 N–H and O–H groups in total. The topological polar surface area (TPSA) is 72.9 Å². The van der Waals surface area contributed by atoms with Gasteiger partial charge in [-0.15, -0.1) is 0 Å². The maximum absolute atomic E-state index is 12.2. The largest absolute Gasteiger partial charge is 0.378 e. The van der Waals surface area contributed by atoms with Crippen LogP contribution in [0.5, 0.6) is 0 Å². The Kier molecular flexibility index (Phi) is 5.60. The van der Waals surface area contributed by atoms with Crippen LogP contribution in [0.1, 0.15) is 45.4 Å². The number of aromatic nitrogens is 2. The quantitative estimate of drug-likeness (QED) is 0.862. The summed E-state index contributed by atoms with van der Waals surface area (Å²) in [4.78, 5) is 12.2. The molecule has 1 aromatic rings. The summed E-state index contributed by atoms with van der Waals surface area (Å²) < 4.78 is 2.07. The molecule has 2 atom stereocenters. The Morgan fingerprint density at radius 1 is 1.50 bits per heavy atom. The molecule has 1 fully saturated rings. The van der Waals surface area contributed by atoms with Crippen LogP contribution in [0, 0.1) is 0 Å². The monoisotopic (exact) mass is 342 g/mol. The summed E-state index contributed by atoms with van der Waals surface area (Å²) in [5, 5.41) is 7.61. The van der Waals surface area contributed by atoms with E-state index in [1.165, 1.54) is 17.5 Å². The Bertz CT molecular complexity index is 502. The predicted molar refractivity (Wildman–Crippen MR) is 85.0 cm³/mol. The molecule has 0 unspecified atom stereocenters. The Morgan fingerprint density at radius 3 is 2.95 bits per heavy atom. The number of unbranched alkanes of at least 4 members (excludes halogenated alkanes) is 1. The van der Waals surface area contributed by atoms with E-state index in [2.05, 4.69) is 33.3 Å². The van der Waals surface area contributed by atoms with E-state index in [0.717, 1.165) is 31.4 Å². The zero-order valence-corrected chi connectivity index (χ0v) is 13.5. The summed E-state index contributed by atoms with van der Waals surface area (Å²) in [5.41, 5.74) is 6.81. The summed E-state index contributed by atoms with van der Waals surface area (Å²) in [7, 11) is 0. The van der Waals surface area contributed by atoms with Crippen LogP contribution >= 0.6 is 15.9 Å². The lowest BCUT2D eigenvalue weighted by Gasteiger charge is -2.30. The predicted octanol–water partition coefficient (Wildman–Crippen LogP) is 2.49. The molecule has 1 aliphatic rings. The van der Waals surface area contributed by atoms with Crippen molar-refractivity contribution in [2.24, 2.45) is 5.73 Å². The SMILES string of the molecule is CCCCn1ncc(N[C@@H]2CCCC[C@H]2N)c(Br)c1=O. The van der Waals surface area contributed by atoms with Crippen molar-refractivity contribution < 1.29 is 0 Å². The highest BCUT2D eigenvalue weighted by atomic mass is 79.9. The van der Waals surface area contributed by atoms with Gasteiger partial charge < -0.3 is 11.1 Å². The minimum Gasteiger partial charge on any atom is -0.378 e. The van der Waals surface area contributed by atoms with Crippen molar-refractivity contribution in [1.29, 1.82) is 0 Å². The van der Waals surface area contributed by atoms with Gasteiger partial charge in [-0.05, 0) is 35.2 Å². The Morgan fingerprint density at radius 2 is 2.25 bits per heavy atom. The number of rotatable bonds is 5. The highest BCUT2D eigenvalue weighted by molar-refractivity contribution is 9.10. The van der Waals surface area contributed by atoms with Gasteiger partial charge in [0.15, 0.2) is 0 Å². The summed E-state index contributed by atoms with van der Waals surface area (Å²) in [5.74, 6) is 0. The van der Waals surface area contributed by atoms with Gasteiger partial charge in [0.1, 0.15) is 4.47 Å². The highest BCUT2D eigenvalue weighted by Gasteiger charge is 2.22. The normalized spacial score (nSPS) is 22.8. The van der Waals surface area contributed by atoms with Gasteiger partial charge in [-0.3, -0.25) is 4.79 Å². The third kappa shape index (κ3) is 3.61. The number of hydrogen-bond donors (Lipinski definition) is 2. The second-order valence-corrected chi connectivity index (χ2v) is 6.25. The van der Waals surface area contributed by atoms with Crippen LogP contribution < -0.4 is 16.6 Å². The van der Waals surface area contributed by atoms with Gasteiger partial charge in [0.05, 0.1) is 11.9 Å². The van der Waals surface area contributed by atoms with Gasteiger partial charge in [0, 0.05) is 18.6 Å². The first-order valence-corrected chi connectivity index (χ1v) is 8.20. The highest BCUT2D eigenvalue weighted by Crippen LogP contribution is 2.23. The first kappa shape index (κ1) is 15.5. The van der Waals surface area contributed by atoms with E-state index in [1.54, 1.807) is 6.20 Å². The zero-order valence-electron chi connectivity index (χ0n) is 11.9. The number of hydrogen-bond acceptors (Lipinski definition) is 4. The summed E-state index contributed by atoms with van der Waals surface area (Å²) in [6.45, 7) is 2.76. The molecule has 0 amide bonds. The molecule has 0 radical (unpaired) electrons. The number of nitrogens with two attached hydrogens (primary N) is 1. The molecule has 1 aromatic heterocycles. The van der Waals surface area contributed by atoms with Crippen molar-refractivity contribution in [3.8, 4) is 0 Å². The lowest BCUT2D eigenvalue weighted by atomic mass is 9.91. The van der Waals surface area contributed by atoms with Crippen LogP contribution in [-0.4, -0.2) is 21.9 Å². The van der Waals surface area contributed by atoms with Crippen molar-refractivity contribution in [3.05, 3.63) is 21.0 Å². The molecule has 1 heterocycles. The molecule has 5 nitrogen and oxygen atoms in total. The minimum atomic E-state index is -0.0761. The van der Waals surface area contributed by atoms with E-state index in [-0.39, 0.29) is 17.6 Å². The van der Waals surface area contributed by atoms with Crippen molar-refractivity contribution >= 4 is 21.6 Å². The Balaban J connectivity index is 2.12. The van der Waals surface area contributed by atoms with E-state index in [9.17, 15) is 4.79 Å². The summed E-state index contributed by atoms with van der Waals surface area (Å²) >= 11 is 3.39. The molecule has 1 aliphatic carbocycles. The molecule has 112 valence electrons. The summed E-state index contributed by atoms with van der Waals surface area (Å²) in [6, 6.07) is 0.380. The van der Waals surface area contributed by atoms with Crippen LogP contribution in [0.15, 0.2) is 15.5 Å². The second kappa shape index (κ2) is 7.22. The van der Waals surface area contributed by atoms with Gasteiger partial charge in [-0.2, -0.15) is 5.10 Å². The molecule has 0 bridgehead atoms. The Labute approximate surface area is 128 Å². The lowest BCUT2D eigenvalue weighted by molar-refractivity contribution is 0.403. The number of anilines is 1. The minimum absolute atomic E-state index is 0.0761. The van der Waals surface area contributed by atoms with E-state index in [4.69, 9.17) is 5.73 Å². The number of aryl methyl sites for hydroxylation is 1. The maximum Gasteiger partial charge on any atom is 0.283 e.